The molecule has 0 saturated carbocycles. The maximum atomic E-state index is 13.3. The Labute approximate surface area is 85.6 Å². The van der Waals surface area contributed by atoms with Crippen molar-refractivity contribution in [2.45, 2.75) is 6.92 Å². The summed E-state index contributed by atoms with van der Waals surface area (Å²) < 4.78 is 13.8. The molecule has 0 aliphatic carbocycles. The molecule has 1 aromatic rings. The molecule has 3 heteroatoms. The molecule has 0 heterocycles. The van der Waals surface area contributed by atoms with Gasteiger partial charge in [0.2, 0.25) is 0 Å². The van der Waals surface area contributed by atoms with E-state index in [1.54, 1.807) is 25.1 Å². The number of nitrogens with two attached hydrogens (primary N) is 1. The van der Waals surface area contributed by atoms with Crippen LogP contribution in [0.4, 0.5) is 4.39 Å². The van der Waals surface area contributed by atoms with Crippen molar-refractivity contribution < 1.29 is 4.39 Å². The molecule has 1 aromatic carbocycles. The molecular formula is C10H11BrFN. The maximum absolute atomic E-state index is 13.3. The highest BCUT2D eigenvalue weighted by molar-refractivity contribution is 9.10. The molecule has 0 spiro atoms. The summed E-state index contributed by atoms with van der Waals surface area (Å²) in [5.41, 5.74) is 6.75. The van der Waals surface area contributed by atoms with E-state index in [9.17, 15) is 4.39 Å². The van der Waals surface area contributed by atoms with Crippen molar-refractivity contribution in [1.29, 1.82) is 0 Å². The predicted molar refractivity (Wildman–Crippen MR) is 56.9 cm³/mol. The van der Waals surface area contributed by atoms with Gasteiger partial charge >= 0.3 is 0 Å². The van der Waals surface area contributed by atoms with E-state index in [4.69, 9.17) is 5.73 Å². The minimum atomic E-state index is -0.209. The molecule has 0 aromatic heterocycles. The third-order valence-corrected chi connectivity index (χ3v) is 2.54. The van der Waals surface area contributed by atoms with Crippen LogP contribution in [0.3, 0.4) is 0 Å². The Bertz CT molecular complexity index is 334. The van der Waals surface area contributed by atoms with Crippen LogP contribution in [0.15, 0.2) is 22.7 Å². The Kier molecular flexibility index (Phi) is 3.63. The number of hydrogen-bond donors (Lipinski definition) is 1. The lowest BCUT2D eigenvalue weighted by Crippen LogP contribution is -1.93. The smallest absolute Gasteiger partial charge is 0.140 e. The summed E-state index contributed by atoms with van der Waals surface area (Å²) in [6.45, 7) is 2.19. The number of halogens is 2. The van der Waals surface area contributed by atoms with Crippen LogP contribution in [0.5, 0.6) is 0 Å². The van der Waals surface area contributed by atoms with E-state index in [-0.39, 0.29) is 5.82 Å². The monoisotopic (exact) mass is 243 g/mol. The van der Waals surface area contributed by atoms with Gasteiger partial charge in [-0.2, -0.15) is 0 Å². The first-order valence-corrected chi connectivity index (χ1v) is 4.77. The fourth-order valence-corrected chi connectivity index (χ4v) is 1.56. The van der Waals surface area contributed by atoms with Gasteiger partial charge in [0.05, 0.1) is 4.47 Å². The summed E-state index contributed by atoms with van der Waals surface area (Å²) >= 11 is 3.19. The lowest BCUT2D eigenvalue weighted by molar-refractivity contribution is 0.611. The van der Waals surface area contributed by atoms with E-state index in [2.05, 4.69) is 15.9 Å². The minimum Gasteiger partial charge on any atom is -0.327 e. The van der Waals surface area contributed by atoms with Crippen LogP contribution in [-0.2, 0) is 0 Å². The highest BCUT2D eigenvalue weighted by atomic mass is 79.9. The van der Waals surface area contributed by atoms with Gasteiger partial charge in [0.25, 0.3) is 0 Å². The normalized spacial score (nSPS) is 11.1. The van der Waals surface area contributed by atoms with Crippen LogP contribution in [-0.4, -0.2) is 6.54 Å². The number of hydrogen-bond acceptors (Lipinski definition) is 1. The molecule has 2 N–H and O–H groups in total. The van der Waals surface area contributed by atoms with Crippen molar-refractivity contribution in [3.63, 3.8) is 0 Å². The SMILES string of the molecule is Cc1ccc(/C=C/CN)c(Br)c1F. The fourth-order valence-electron chi connectivity index (χ4n) is 0.985. The topological polar surface area (TPSA) is 26.0 Å². The van der Waals surface area contributed by atoms with E-state index in [0.717, 1.165) is 5.56 Å². The summed E-state index contributed by atoms with van der Waals surface area (Å²) in [5.74, 6) is -0.209. The summed E-state index contributed by atoms with van der Waals surface area (Å²) in [4.78, 5) is 0. The third-order valence-electron chi connectivity index (χ3n) is 1.74. The van der Waals surface area contributed by atoms with Gasteiger partial charge in [-0.25, -0.2) is 4.39 Å². The van der Waals surface area contributed by atoms with Crippen LogP contribution >= 0.6 is 15.9 Å². The van der Waals surface area contributed by atoms with Crippen LogP contribution in [0.25, 0.3) is 6.08 Å². The molecule has 1 nitrogen and oxygen atoms in total. The molecule has 1 rings (SSSR count). The number of rotatable bonds is 2. The second-order valence-corrected chi connectivity index (χ2v) is 3.53. The largest absolute Gasteiger partial charge is 0.327 e. The Morgan fingerprint density at radius 2 is 2.23 bits per heavy atom. The molecule has 0 radical (unpaired) electrons. The first kappa shape index (κ1) is 10.4. The highest BCUT2D eigenvalue weighted by Crippen LogP contribution is 2.24. The third kappa shape index (κ3) is 2.39. The molecule has 0 bridgehead atoms. The first-order chi connectivity index (χ1) is 6.16. The minimum absolute atomic E-state index is 0.209. The molecule has 13 heavy (non-hydrogen) atoms. The number of aryl methyl sites for hydroxylation is 1. The van der Waals surface area contributed by atoms with Crippen molar-refractivity contribution >= 4 is 22.0 Å². The van der Waals surface area contributed by atoms with Crippen LogP contribution in [0.2, 0.25) is 0 Å². The van der Waals surface area contributed by atoms with Crippen molar-refractivity contribution in [2.24, 2.45) is 5.73 Å². The lowest BCUT2D eigenvalue weighted by atomic mass is 10.1. The molecular weight excluding hydrogens is 233 g/mol. The van der Waals surface area contributed by atoms with Crippen molar-refractivity contribution in [1.82, 2.24) is 0 Å². The van der Waals surface area contributed by atoms with Gasteiger partial charge < -0.3 is 5.73 Å². The quantitative estimate of drug-likeness (QED) is 0.850. The van der Waals surface area contributed by atoms with Crippen LogP contribution < -0.4 is 5.73 Å². The molecule has 70 valence electrons. The first-order valence-electron chi connectivity index (χ1n) is 3.98. The fraction of sp³-hybridized carbons (Fsp3) is 0.200. The molecule has 0 unspecified atom stereocenters. The van der Waals surface area contributed by atoms with Gasteiger partial charge in [0.15, 0.2) is 0 Å². The van der Waals surface area contributed by atoms with Gasteiger partial charge in [-0.1, -0.05) is 24.3 Å². The number of benzene rings is 1. The Morgan fingerprint density at radius 1 is 1.54 bits per heavy atom. The second-order valence-electron chi connectivity index (χ2n) is 2.74. The molecule has 0 fully saturated rings. The zero-order chi connectivity index (χ0) is 9.84. The molecule has 0 aliphatic heterocycles. The van der Waals surface area contributed by atoms with E-state index in [1.165, 1.54) is 0 Å². The average Bonchev–Trinajstić information content (AvgIpc) is 2.13. The Hall–Kier alpha value is -0.670. The Morgan fingerprint density at radius 3 is 2.85 bits per heavy atom. The average molecular weight is 244 g/mol. The standard InChI is InChI=1S/C10H11BrFN/c1-7-4-5-8(3-2-6-13)9(11)10(7)12/h2-5H,6,13H2,1H3/b3-2+. The van der Waals surface area contributed by atoms with Gasteiger partial charge in [-0.15, -0.1) is 0 Å². The lowest BCUT2D eigenvalue weighted by Gasteiger charge is -2.02. The van der Waals surface area contributed by atoms with E-state index >= 15 is 0 Å². The zero-order valence-corrected chi connectivity index (χ0v) is 8.94. The van der Waals surface area contributed by atoms with Crippen molar-refractivity contribution in [3.8, 4) is 0 Å². The van der Waals surface area contributed by atoms with Gasteiger partial charge in [0.1, 0.15) is 5.82 Å². The van der Waals surface area contributed by atoms with Crippen molar-refractivity contribution in [3.05, 3.63) is 39.6 Å². The molecule has 0 aliphatic rings. The molecule has 0 amide bonds. The van der Waals surface area contributed by atoms with E-state index in [0.29, 0.717) is 16.6 Å². The van der Waals surface area contributed by atoms with Gasteiger partial charge in [-0.05, 0) is 34.0 Å². The van der Waals surface area contributed by atoms with Gasteiger partial charge in [-0.3, -0.25) is 0 Å². The summed E-state index contributed by atoms with van der Waals surface area (Å²) in [6.07, 6.45) is 3.58. The highest BCUT2D eigenvalue weighted by Gasteiger charge is 2.05. The van der Waals surface area contributed by atoms with Gasteiger partial charge in [0, 0.05) is 6.54 Å². The van der Waals surface area contributed by atoms with Crippen molar-refractivity contribution in [2.75, 3.05) is 6.54 Å². The maximum Gasteiger partial charge on any atom is 0.140 e. The predicted octanol–water partition coefficient (Wildman–Crippen LogP) is 2.87. The summed E-state index contributed by atoms with van der Waals surface area (Å²) in [6, 6.07) is 3.60. The van der Waals surface area contributed by atoms with Crippen LogP contribution in [0, 0.1) is 12.7 Å². The Balaban J connectivity index is 3.11. The van der Waals surface area contributed by atoms with E-state index in [1.807, 2.05) is 6.07 Å². The molecule has 0 atom stereocenters. The van der Waals surface area contributed by atoms with E-state index < -0.39 is 0 Å². The summed E-state index contributed by atoms with van der Waals surface area (Å²) in [5, 5.41) is 0. The molecule has 0 saturated heterocycles. The summed E-state index contributed by atoms with van der Waals surface area (Å²) in [7, 11) is 0. The van der Waals surface area contributed by atoms with Crippen LogP contribution in [0.1, 0.15) is 11.1 Å². The zero-order valence-electron chi connectivity index (χ0n) is 7.35. The second kappa shape index (κ2) is 4.53.